The molecule has 5 spiro atoms. The van der Waals surface area contributed by atoms with E-state index in [-0.39, 0.29) is 69.0 Å². The van der Waals surface area contributed by atoms with Gasteiger partial charge in [-0.25, -0.2) is 17.2 Å². The number of carbonyl (C=O) groups is 6. The number of nitrogen functional groups attached to an aromatic ring is 1. The molecule has 0 bridgehead atoms. The molecule has 0 heterocycles. The van der Waals surface area contributed by atoms with Gasteiger partial charge in [-0.1, -0.05) is 177 Å². The lowest BCUT2D eigenvalue weighted by molar-refractivity contribution is -0.385. The highest BCUT2D eigenvalue weighted by atomic mass is 79.9. The second kappa shape index (κ2) is 33.0. The summed E-state index contributed by atoms with van der Waals surface area (Å²) in [4.78, 5) is 92.0. The molecular formula is C85H84Br3ClF2N6O12S. The van der Waals surface area contributed by atoms with Crippen LogP contribution in [0.2, 0.25) is 0 Å². The lowest BCUT2D eigenvalue weighted by Crippen LogP contribution is -2.39. The minimum atomic E-state index is -4.23. The molecule has 0 radical (unpaired) electrons. The van der Waals surface area contributed by atoms with Gasteiger partial charge in [-0.3, -0.25) is 53.7 Å². The average molecular weight is 1730 g/mol. The van der Waals surface area contributed by atoms with E-state index in [1.807, 2.05) is 78.9 Å². The van der Waals surface area contributed by atoms with Crippen LogP contribution in [-0.4, -0.2) is 53.1 Å². The highest BCUT2D eigenvalue weighted by Crippen LogP contribution is 2.57. The minimum absolute atomic E-state index is 0. The van der Waals surface area contributed by atoms with Crippen molar-refractivity contribution in [1.29, 1.82) is 0 Å². The van der Waals surface area contributed by atoms with Crippen molar-refractivity contribution < 1.29 is 55.8 Å². The summed E-state index contributed by atoms with van der Waals surface area (Å²) in [5.74, 6) is -0.0393. The number of rotatable bonds is 9. The first-order chi connectivity index (χ1) is 52.2. The summed E-state index contributed by atoms with van der Waals surface area (Å²) in [6.07, 6.45) is 20.3. The lowest BCUT2D eigenvalue weighted by Gasteiger charge is -2.37. The first kappa shape index (κ1) is 81.0. The third kappa shape index (κ3) is 15.6. The van der Waals surface area contributed by atoms with Gasteiger partial charge >= 0.3 is 0 Å². The van der Waals surface area contributed by atoms with Gasteiger partial charge in [-0.2, -0.15) is 0 Å². The molecule has 19 rings (SSSR count). The average Bonchev–Trinajstić information content (AvgIpc) is 1.59. The summed E-state index contributed by atoms with van der Waals surface area (Å²) in [6, 6.07) is 45.6. The van der Waals surface area contributed by atoms with Crippen molar-refractivity contribution in [3.8, 4) is 0 Å². The summed E-state index contributed by atoms with van der Waals surface area (Å²) in [7, 11) is -4.23. The molecule has 0 aliphatic heterocycles. The van der Waals surface area contributed by atoms with Crippen molar-refractivity contribution >= 4 is 128 Å². The molecule has 8 aromatic rings. The second-order valence-electron chi connectivity index (χ2n) is 30.4. The molecule has 0 aromatic heterocycles. The molecule has 18 nitrogen and oxygen atoms in total. The fraction of sp³-hybridized carbons (Fsp3) is 0.365. The number of benzene rings is 8. The molecule has 0 unspecified atom stereocenters. The zero-order chi connectivity index (χ0) is 77.4. The van der Waals surface area contributed by atoms with Gasteiger partial charge < -0.3 is 16.8 Å². The number of nitro groups is 2. The van der Waals surface area contributed by atoms with Crippen LogP contribution in [0.4, 0.5) is 31.5 Å². The van der Waals surface area contributed by atoms with E-state index in [2.05, 4.69) is 76.0 Å². The molecule has 110 heavy (non-hydrogen) atoms. The van der Waals surface area contributed by atoms with E-state index < -0.39 is 47.2 Å². The fourth-order valence-corrected chi connectivity index (χ4v) is 20.2. The summed E-state index contributed by atoms with van der Waals surface area (Å²) < 4.78 is 56.6. The van der Waals surface area contributed by atoms with Crippen LogP contribution in [0.25, 0.3) is 0 Å². The topological polar surface area (TPSA) is 299 Å². The molecule has 0 atom stereocenters. The van der Waals surface area contributed by atoms with Gasteiger partial charge in [-0.15, -0.1) is 12.4 Å². The predicted molar refractivity (Wildman–Crippen MR) is 429 cm³/mol. The third-order valence-corrected chi connectivity index (χ3v) is 28.0. The van der Waals surface area contributed by atoms with Crippen LogP contribution in [0.5, 0.6) is 0 Å². The maximum atomic E-state index is 13.9. The Morgan fingerprint density at radius 1 is 0.482 bits per heavy atom. The van der Waals surface area contributed by atoms with Crippen molar-refractivity contribution in [2.45, 2.75) is 193 Å². The van der Waals surface area contributed by atoms with E-state index >= 15 is 0 Å². The van der Waals surface area contributed by atoms with Crippen LogP contribution in [0.1, 0.15) is 182 Å². The number of carbonyl (C=O) groups excluding carboxylic acids is 6. The van der Waals surface area contributed by atoms with Crippen LogP contribution in [0.3, 0.4) is 0 Å². The molecule has 11 aliphatic carbocycles. The van der Waals surface area contributed by atoms with E-state index in [9.17, 15) is 66.2 Å². The van der Waals surface area contributed by atoms with Gasteiger partial charge in [0.2, 0.25) is 5.91 Å². The van der Waals surface area contributed by atoms with Gasteiger partial charge in [0.1, 0.15) is 45.4 Å². The van der Waals surface area contributed by atoms with Gasteiger partial charge in [0.25, 0.3) is 21.4 Å². The number of hydrogen-bond acceptors (Lipinski definition) is 14. The number of hydrogen-bond donors (Lipinski definition) is 4. The standard InChI is InChI=1S/C18H14BrF2NO3S.C12H10BrNO3.C12H12BrNO.C12H11NO3.C12H15NO.C12H12O.C7H9N.ClH/c19-14-8-11(7-13-12(14)9-17(23)18(13)4-1-5-18)22-26(24,25)16-3-2-10(20)6-15(16)21;13-10-5-7(14(16)17)4-9-8(10)6-11(15)12(9)2-1-3-12;13-10-5-7(14)4-9-8(10)6-11(15)12(9)2-1-3-12;14-11-6-8-2-3-9(13(15)16)7-10(8)12(11)4-1-5-12;14-12(11-7-4-8-11)13-9-10-5-2-1-3-6-10;13-11-8-9-4-1-2-5-10(9)12(11)6-3-7-12;8-6-7-4-2-1-3-5-7;/h2-3,6-8,22H,1,4-5,9H2;4-5H,1-3,6H2;4-5H,1-3,6,14H2;2-3,7H,1,4-6H2;1-3,5-6,11H,4,7-9H2,(H,13,14);1-2,4-5H,3,6-8H2;1-5H,6,8H2;1H. The Morgan fingerprint density at radius 2 is 0.909 bits per heavy atom. The Bertz CT molecular complexity index is 5100. The molecule has 6 N–H and O–H groups in total. The van der Waals surface area contributed by atoms with Crippen LogP contribution >= 0.6 is 60.2 Å². The minimum Gasteiger partial charge on any atom is -0.399 e. The van der Waals surface area contributed by atoms with E-state index in [4.69, 9.17) is 11.5 Å². The molecule has 0 saturated heterocycles. The predicted octanol–water partition coefficient (Wildman–Crippen LogP) is 17.6. The van der Waals surface area contributed by atoms with E-state index in [0.717, 1.165) is 164 Å². The quantitative estimate of drug-likeness (QED) is 0.0594. The molecule has 6 saturated carbocycles. The number of non-ortho nitro benzene ring substituents is 2. The molecular weight excluding hydrogens is 1640 g/mol. The third-order valence-electron chi connectivity index (χ3n) is 24.4. The normalized spacial score (nSPS) is 18.7. The summed E-state index contributed by atoms with van der Waals surface area (Å²) >= 11 is 10.2. The van der Waals surface area contributed by atoms with Crippen LogP contribution in [0.15, 0.2) is 176 Å². The summed E-state index contributed by atoms with van der Waals surface area (Å²) in [5.41, 5.74) is 23.6. The van der Waals surface area contributed by atoms with Gasteiger partial charge in [0, 0.05) is 101 Å². The molecule has 574 valence electrons. The number of nitrogens with zero attached hydrogens (tertiary/aromatic N) is 2. The zero-order valence-corrected chi connectivity index (χ0v) is 66.8. The van der Waals surface area contributed by atoms with Crippen LogP contribution in [0, 0.1) is 37.8 Å². The number of Topliss-reactive ketones (excluding diaryl/α,β-unsaturated/α-hetero) is 5. The number of nitrogens with two attached hydrogens (primary N) is 2. The lowest BCUT2D eigenvalue weighted by atomic mass is 9.64. The Balaban J connectivity index is 0.000000122. The van der Waals surface area contributed by atoms with Crippen LogP contribution in [-0.2, 0) is 111 Å². The number of halogens is 6. The maximum Gasteiger partial charge on any atom is 0.270 e. The highest BCUT2D eigenvalue weighted by Gasteiger charge is 2.55. The Kier molecular flexibility index (Phi) is 24.3. The van der Waals surface area contributed by atoms with Gasteiger partial charge in [0.15, 0.2) is 0 Å². The first-order valence-corrected chi connectivity index (χ1v) is 41.0. The van der Waals surface area contributed by atoms with E-state index in [1.54, 1.807) is 30.3 Å². The molecule has 8 aromatic carbocycles. The van der Waals surface area contributed by atoms with Crippen molar-refractivity contribution in [2.75, 3.05) is 10.5 Å². The zero-order valence-electron chi connectivity index (χ0n) is 60.4. The first-order valence-electron chi connectivity index (χ1n) is 37.1. The van der Waals surface area contributed by atoms with Gasteiger partial charge in [-0.05, 0) is 180 Å². The number of anilines is 2. The van der Waals surface area contributed by atoms with Crippen molar-refractivity contribution in [3.05, 3.63) is 270 Å². The maximum absolute atomic E-state index is 13.9. The van der Waals surface area contributed by atoms with E-state index in [1.165, 1.54) is 52.8 Å². The molecule has 25 heteroatoms. The van der Waals surface area contributed by atoms with Gasteiger partial charge in [0.05, 0.1) is 42.6 Å². The van der Waals surface area contributed by atoms with Crippen molar-refractivity contribution in [3.63, 3.8) is 0 Å². The number of ketones is 5. The monoisotopic (exact) mass is 1720 g/mol. The largest absolute Gasteiger partial charge is 0.399 e. The number of sulfonamides is 1. The summed E-state index contributed by atoms with van der Waals surface area (Å²) in [6.45, 7) is 1.30. The van der Waals surface area contributed by atoms with Crippen molar-refractivity contribution in [1.82, 2.24) is 5.32 Å². The second-order valence-corrected chi connectivity index (χ2v) is 34.6. The molecule has 6 fully saturated rings. The summed E-state index contributed by atoms with van der Waals surface area (Å²) in [5, 5.41) is 24.5. The Hall–Kier alpha value is -8.52. The highest BCUT2D eigenvalue weighted by molar-refractivity contribution is 9.11. The SMILES string of the molecule is Cl.NCc1ccccc1.Nc1cc(Br)c2c(c1)C1(CCC1)C(=O)C2.O=C(NCc1ccccc1)C1CCC1.O=C1Cc2c(Br)cc(NS(=O)(=O)c3ccc(F)cc3F)cc2C12CCC2.O=C1Cc2c(Br)cc([N+](=O)[O-])cc2C12CCC2.O=C1Cc2ccc([N+](=O)[O-])cc2C12CCC2.O=C1Cc2ccccc2C12CCC2. The number of amides is 1. The number of nitro benzene ring substituents is 2. The fourth-order valence-electron chi connectivity index (χ4n) is 17.3. The Labute approximate surface area is 668 Å². The number of nitrogens with one attached hydrogen (secondary N) is 2. The molecule has 11 aliphatic rings. The van der Waals surface area contributed by atoms with E-state index in [0.29, 0.717) is 77.7 Å². The Morgan fingerprint density at radius 3 is 1.37 bits per heavy atom. The van der Waals surface area contributed by atoms with Crippen LogP contribution < -0.4 is 21.5 Å². The smallest absolute Gasteiger partial charge is 0.270 e. The van der Waals surface area contributed by atoms with Crippen molar-refractivity contribution in [2.24, 2.45) is 11.7 Å². The molecule has 1 amide bonds. The number of fused-ring (bicyclic) bond motifs is 10.